The first-order chi connectivity index (χ1) is 10.9. The summed E-state index contributed by atoms with van der Waals surface area (Å²) in [6.07, 6.45) is 9.57. The molecule has 0 saturated heterocycles. The van der Waals surface area contributed by atoms with Gasteiger partial charge in [-0.15, -0.1) is 0 Å². The fourth-order valence-corrected chi connectivity index (χ4v) is 3.76. The lowest BCUT2D eigenvalue weighted by atomic mass is 9.77. The second-order valence-electron chi connectivity index (χ2n) is 5.92. The van der Waals surface area contributed by atoms with Gasteiger partial charge in [-0.1, -0.05) is 30.4 Å². The number of anilines is 1. The van der Waals surface area contributed by atoms with Crippen LogP contribution in [0.15, 0.2) is 54.9 Å². The molecule has 3 nitrogen and oxygen atoms in total. The molecule has 2 heterocycles. The number of nitrogens with one attached hydrogen (secondary N) is 1. The van der Waals surface area contributed by atoms with E-state index in [0.717, 1.165) is 17.9 Å². The predicted molar refractivity (Wildman–Crippen MR) is 88.2 cm³/mol. The lowest BCUT2D eigenvalue weighted by Crippen LogP contribution is -2.29. The van der Waals surface area contributed by atoms with Gasteiger partial charge in [0.1, 0.15) is 5.75 Å². The van der Waals surface area contributed by atoms with Crippen molar-refractivity contribution in [3.05, 3.63) is 66.0 Å². The van der Waals surface area contributed by atoms with Crippen molar-refractivity contribution in [3.63, 3.8) is 0 Å². The molecule has 2 aliphatic rings. The third kappa shape index (κ3) is 2.08. The Morgan fingerprint density at radius 3 is 3.05 bits per heavy atom. The molecule has 1 aromatic heterocycles. The smallest absolute Gasteiger partial charge is 0.142 e. The summed E-state index contributed by atoms with van der Waals surface area (Å²) in [6, 6.07) is 10.8. The van der Waals surface area contributed by atoms with Crippen molar-refractivity contribution >= 4 is 5.69 Å². The van der Waals surface area contributed by atoms with Gasteiger partial charge in [-0.05, 0) is 42.5 Å². The molecule has 1 aromatic carbocycles. The van der Waals surface area contributed by atoms with E-state index in [1.807, 2.05) is 25.4 Å². The number of allylic oxidation sites excluding steroid dienone is 2. The quantitative estimate of drug-likeness (QED) is 0.856. The Hall–Kier alpha value is -2.29. The van der Waals surface area contributed by atoms with Crippen molar-refractivity contribution in [2.45, 2.75) is 25.3 Å². The minimum atomic E-state index is 0.280. The summed E-state index contributed by atoms with van der Waals surface area (Å²) < 4.78 is 5.83. The van der Waals surface area contributed by atoms with Gasteiger partial charge >= 0.3 is 0 Å². The van der Waals surface area contributed by atoms with E-state index in [1.165, 1.54) is 11.1 Å². The number of fused-ring (bicyclic) bond motifs is 3. The van der Waals surface area contributed by atoms with E-state index in [2.05, 4.69) is 46.7 Å². The average Bonchev–Trinajstić information content (AvgIpc) is 3.05. The molecule has 22 heavy (non-hydrogen) atoms. The normalized spacial score (nSPS) is 25.2. The fraction of sp³-hybridized carbons (Fsp3) is 0.316. The van der Waals surface area contributed by atoms with Gasteiger partial charge in [0.2, 0.25) is 0 Å². The van der Waals surface area contributed by atoms with E-state index in [-0.39, 0.29) is 6.04 Å². The second kappa shape index (κ2) is 5.48. The molecule has 1 N–H and O–H groups in total. The summed E-state index contributed by atoms with van der Waals surface area (Å²) in [7, 11) is 0. The summed E-state index contributed by atoms with van der Waals surface area (Å²) in [5.41, 5.74) is 3.74. The number of pyridine rings is 1. The standard InChI is InChI=1S/C19H20N2O/c1-2-22-17-10-4-9-16-14-7-3-8-15(14)18(21-19(16)17)13-6-5-11-20-12-13/h3-7,9-12,14-15,18,21H,2,8H2,1H3/t14-,15+,18+/m1/s1. The number of benzene rings is 1. The summed E-state index contributed by atoms with van der Waals surface area (Å²) in [5, 5.41) is 3.73. The van der Waals surface area contributed by atoms with Crippen molar-refractivity contribution in [2.75, 3.05) is 11.9 Å². The first-order valence-electron chi connectivity index (χ1n) is 7.97. The van der Waals surface area contributed by atoms with Crippen LogP contribution in [-0.2, 0) is 0 Å². The third-order valence-electron chi connectivity index (χ3n) is 4.70. The highest BCUT2D eigenvalue weighted by atomic mass is 16.5. The lowest BCUT2D eigenvalue weighted by Gasteiger charge is -2.38. The first-order valence-corrected chi connectivity index (χ1v) is 7.97. The van der Waals surface area contributed by atoms with Crippen LogP contribution in [0.3, 0.4) is 0 Å². The summed E-state index contributed by atoms with van der Waals surface area (Å²) in [4.78, 5) is 4.30. The summed E-state index contributed by atoms with van der Waals surface area (Å²) >= 11 is 0. The molecule has 112 valence electrons. The van der Waals surface area contributed by atoms with Gasteiger partial charge in [0.05, 0.1) is 18.3 Å². The number of para-hydroxylation sites is 1. The first kappa shape index (κ1) is 13.4. The Morgan fingerprint density at radius 2 is 2.23 bits per heavy atom. The molecule has 1 aliphatic heterocycles. The van der Waals surface area contributed by atoms with E-state index in [9.17, 15) is 0 Å². The maximum absolute atomic E-state index is 5.83. The van der Waals surface area contributed by atoms with Crippen molar-refractivity contribution in [1.82, 2.24) is 4.98 Å². The molecule has 2 aromatic rings. The molecule has 3 heteroatoms. The lowest BCUT2D eigenvalue weighted by molar-refractivity contribution is 0.337. The molecule has 0 spiro atoms. The van der Waals surface area contributed by atoms with E-state index in [1.54, 1.807) is 0 Å². The van der Waals surface area contributed by atoms with Crippen molar-refractivity contribution in [3.8, 4) is 5.75 Å². The highest BCUT2D eigenvalue weighted by Crippen LogP contribution is 2.51. The van der Waals surface area contributed by atoms with Gasteiger partial charge < -0.3 is 10.1 Å². The minimum absolute atomic E-state index is 0.280. The van der Waals surface area contributed by atoms with Gasteiger partial charge in [0.25, 0.3) is 0 Å². The number of nitrogens with zero attached hydrogens (tertiary/aromatic N) is 1. The van der Waals surface area contributed by atoms with Crippen LogP contribution in [0.4, 0.5) is 5.69 Å². The average molecular weight is 292 g/mol. The van der Waals surface area contributed by atoms with Crippen LogP contribution in [0.25, 0.3) is 0 Å². The van der Waals surface area contributed by atoms with Crippen molar-refractivity contribution < 1.29 is 4.74 Å². The number of aromatic nitrogens is 1. The zero-order chi connectivity index (χ0) is 14.9. The zero-order valence-electron chi connectivity index (χ0n) is 12.7. The van der Waals surface area contributed by atoms with Crippen LogP contribution in [0.1, 0.15) is 36.4 Å². The Kier molecular flexibility index (Phi) is 3.34. The SMILES string of the molecule is CCOc1cccc2c1N[C@@H](c1cccnc1)[C@H]1CC=C[C@@H]21. The summed E-state index contributed by atoms with van der Waals surface area (Å²) in [6.45, 7) is 2.71. The Bertz CT molecular complexity index is 696. The van der Waals surface area contributed by atoms with E-state index in [4.69, 9.17) is 4.74 Å². The molecule has 0 bridgehead atoms. The van der Waals surface area contributed by atoms with Crippen LogP contribution < -0.4 is 10.1 Å². The maximum Gasteiger partial charge on any atom is 0.142 e. The highest BCUT2D eigenvalue weighted by Gasteiger charge is 2.38. The van der Waals surface area contributed by atoms with Crippen LogP contribution in [0.2, 0.25) is 0 Å². The zero-order valence-corrected chi connectivity index (χ0v) is 12.7. The third-order valence-corrected chi connectivity index (χ3v) is 4.70. The Morgan fingerprint density at radius 1 is 1.27 bits per heavy atom. The second-order valence-corrected chi connectivity index (χ2v) is 5.92. The molecule has 0 radical (unpaired) electrons. The van der Waals surface area contributed by atoms with Gasteiger partial charge in [0.15, 0.2) is 0 Å². The van der Waals surface area contributed by atoms with Crippen LogP contribution in [0.5, 0.6) is 5.75 Å². The van der Waals surface area contributed by atoms with E-state index < -0.39 is 0 Å². The van der Waals surface area contributed by atoms with Gasteiger partial charge in [-0.2, -0.15) is 0 Å². The van der Waals surface area contributed by atoms with Crippen molar-refractivity contribution in [1.29, 1.82) is 0 Å². The van der Waals surface area contributed by atoms with Crippen LogP contribution in [0, 0.1) is 5.92 Å². The molecule has 0 saturated carbocycles. The molecule has 4 rings (SSSR count). The van der Waals surface area contributed by atoms with Gasteiger partial charge in [-0.3, -0.25) is 4.98 Å². The molecule has 1 aliphatic carbocycles. The number of hydrogen-bond acceptors (Lipinski definition) is 3. The van der Waals surface area contributed by atoms with Gasteiger partial charge in [-0.25, -0.2) is 0 Å². The molecule has 3 atom stereocenters. The number of rotatable bonds is 3. The summed E-state index contributed by atoms with van der Waals surface area (Å²) in [5.74, 6) is 1.96. The molecular weight excluding hydrogens is 272 g/mol. The van der Waals surface area contributed by atoms with Crippen LogP contribution >= 0.6 is 0 Å². The Balaban J connectivity index is 1.80. The Labute approximate surface area is 131 Å². The maximum atomic E-state index is 5.83. The number of hydrogen-bond donors (Lipinski definition) is 1. The predicted octanol–water partition coefficient (Wildman–Crippen LogP) is 4.31. The van der Waals surface area contributed by atoms with E-state index >= 15 is 0 Å². The van der Waals surface area contributed by atoms with E-state index in [0.29, 0.717) is 18.4 Å². The molecule has 0 amide bonds. The van der Waals surface area contributed by atoms with Gasteiger partial charge in [0, 0.05) is 18.3 Å². The largest absolute Gasteiger partial charge is 0.492 e. The molecule has 0 fully saturated rings. The fourth-order valence-electron chi connectivity index (χ4n) is 3.76. The molecule has 0 unspecified atom stereocenters. The van der Waals surface area contributed by atoms with Crippen LogP contribution in [-0.4, -0.2) is 11.6 Å². The number of ether oxygens (including phenoxy) is 1. The minimum Gasteiger partial charge on any atom is -0.492 e. The monoisotopic (exact) mass is 292 g/mol. The van der Waals surface area contributed by atoms with Crippen molar-refractivity contribution in [2.24, 2.45) is 5.92 Å². The highest BCUT2D eigenvalue weighted by molar-refractivity contribution is 5.67. The molecular formula is C19H20N2O. The topological polar surface area (TPSA) is 34.1 Å².